The molecule has 0 atom stereocenters. The topological polar surface area (TPSA) is 47.8 Å². The second-order valence-corrected chi connectivity index (χ2v) is 2.50. The Morgan fingerprint density at radius 1 is 1.38 bits per heavy atom. The maximum atomic E-state index is 10.6. The first-order chi connectivity index (χ1) is 6.42. The summed E-state index contributed by atoms with van der Waals surface area (Å²) >= 11 is 0. The van der Waals surface area contributed by atoms with Gasteiger partial charge in [0.15, 0.2) is 6.29 Å². The first-order valence-corrected chi connectivity index (χ1v) is 3.80. The zero-order chi connectivity index (χ0) is 9.10. The molecule has 0 unspecified atom stereocenters. The van der Waals surface area contributed by atoms with E-state index in [1.807, 2.05) is 6.07 Å². The molecule has 0 spiro atoms. The van der Waals surface area contributed by atoms with Gasteiger partial charge in [0.2, 0.25) is 0 Å². The molecule has 0 saturated heterocycles. The van der Waals surface area contributed by atoms with Crippen LogP contribution in [0.2, 0.25) is 0 Å². The van der Waals surface area contributed by atoms with Crippen molar-refractivity contribution in [1.82, 2.24) is 14.5 Å². The lowest BCUT2D eigenvalue weighted by atomic mass is 10.3. The molecule has 0 aliphatic heterocycles. The molecule has 2 rings (SSSR count). The van der Waals surface area contributed by atoms with Crippen LogP contribution in [0.4, 0.5) is 0 Å². The highest BCUT2D eigenvalue weighted by Gasteiger charge is 2.02. The maximum absolute atomic E-state index is 10.6. The second kappa shape index (κ2) is 3.18. The van der Waals surface area contributed by atoms with Gasteiger partial charge in [-0.2, -0.15) is 0 Å². The van der Waals surface area contributed by atoms with Gasteiger partial charge in [-0.15, -0.1) is 0 Å². The number of rotatable bonds is 2. The van der Waals surface area contributed by atoms with Crippen LogP contribution in [0.15, 0.2) is 37.1 Å². The summed E-state index contributed by atoms with van der Waals surface area (Å²) in [6, 6.07) is 3.60. The minimum Gasteiger partial charge on any atom is -0.304 e. The third-order valence-corrected chi connectivity index (χ3v) is 1.71. The fourth-order valence-corrected chi connectivity index (χ4v) is 1.12. The van der Waals surface area contributed by atoms with E-state index in [0.717, 1.165) is 12.0 Å². The summed E-state index contributed by atoms with van der Waals surface area (Å²) in [5, 5.41) is 0. The Morgan fingerprint density at radius 3 is 3.00 bits per heavy atom. The largest absolute Gasteiger partial charge is 0.304 e. The van der Waals surface area contributed by atoms with Crippen LogP contribution < -0.4 is 0 Å². The van der Waals surface area contributed by atoms with Gasteiger partial charge in [0.1, 0.15) is 5.69 Å². The van der Waals surface area contributed by atoms with E-state index >= 15 is 0 Å². The summed E-state index contributed by atoms with van der Waals surface area (Å²) in [5.41, 5.74) is 1.16. The molecule has 0 aliphatic rings. The Kier molecular flexibility index (Phi) is 1.88. The van der Waals surface area contributed by atoms with E-state index in [1.165, 1.54) is 0 Å². The van der Waals surface area contributed by atoms with Crippen LogP contribution >= 0.6 is 0 Å². The Hall–Kier alpha value is -1.97. The summed E-state index contributed by atoms with van der Waals surface area (Å²) in [6.07, 6.45) is 7.37. The molecule has 0 aromatic carbocycles. The van der Waals surface area contributed by atoms with Crippen molar-refractivity contribution in [3.8, 4) is 5.69 Å². The smallest absolute Gasteiger partial charge is 0.170 e. The highest BCUT2D eigenvalue weighted by molar-refractivity contribution is 5.77. The minimum atomic E-state index is 0.417. The molecule has 0 radical (unpaired) electrons. The minimum absolute atomic E-state index is 0.417. The maximum Gasteiger partial charge on any atom is 0.170 e. The third-order valence-electron chi connectivity index (χ3n) is 1.71. The number of aromatic nitrogens is 3. The molecule has 4 heteroatoms. The van der Waals surface area contributed by atoms with Gasteiger partial charge in [-0.1, -0.05) is 0 Å². The Bertz CT molecular complexity index is 409. The first-order valence-electron chi connectivity index (χ1n) is 3.80. The molecule has 13 heavy (non-hydrogen) atoms. The normalized spacial score (nSPS) is 9.85. The molecule has 2 aromatic heterocycles. The molecular weight excluding hydrogens is 166 g/mol. The highest BCUT2D eigenvalue weighted by Crippen LogP contribution is 2.08. The third kappa shape index (κ3) is 1.33. The molecule has 0 saturated carbocycles. The van der Waals surface area contributed by atoms with E-state index in [1.54, 1.807) is 35.6 Å². The standard InChI is InChI=1S/C9H7N3O/c13-6-8-9(2-1-3-11-8)12-5-4-10-7-12/h1-7H. The van der Waals surface area contributed by atoms with Crippen molar-refractivity contribution < 1.29 is 4.79 Å². The number of hydrogen-bond acceptors (Lipinski definition) is 3. The van der Waals surface area contributed by atoms with Gasteiger partial charge in [0.25, 0.3) is 0 Å². The van der Waals surface area contributed by atoms with Crippen LogP contribution in [-0.4, -0.2) is 20.8 Å². The summed E-state index contributed by atoms with van der Waals surface area (Å²) in [4.78, 5) is 18.5. The van der Waals surface area contributed by atoms with Gasteiger partial charge >= 0.3 is 0 Å². The zero-order valence-corrected chi connectivity index (χ0v) is 6.79. The lowest BCUT2D eigenvalue weighted by molar-refractivity contribution is 0.111. The van der Waals surface area contributed by atoms with Crippen LogP contribution in [0.3, 0.4) is 0 Å². The molecule has 0 fully saturated rings. The average Bonchev–Trinajstić information content (AvgIpc) is 2.70. The van der Waals surface area contributed by atoms with Crippen molar-refractivity contribution in [2.45, 2.75) is 0 Å². The first kappa shape index (κ1) is 7.67. The lowest BCUT2D eigenvalue weighted by Crippen LogP contribution is -1.98. The van der Waals surface area contributed by atoms with Gasteiger partial charge in [0.05, 0.1) is 12.0 Å². The van der Waals surface area contributed by atoms with Crippen molar-refractivity contribution in [1.29, 1.82) is 0 Å². The number of imidazole rings is 1. The molecule has 2 heterocycles. The van der Waals surface area contributed by atoms with E-state index in [-0.39, 0.29) is 0 Å². The summed E-state index contributed by atoms with van der Waals surface area (Å²) in [5.74, 6) is 0. The van der Waals surface area contributed by atoms with Gasteiger partial charge in [-0.3, -0.25) is 9.78 Å². The number of nitrogens with zero attached hydrogens (tertiary/aromatic N) is 3. The van der Waals surface area contributed by atoms with Crippen LogP contribution in [0.25, 0.3) is 5.69 Å². The zero-order valence-electron chi connectivity index (χ0n) is 6.79. The molecule has 0 amide bonds. The fraction of sp³-hybridized carbons (Fsp3) is 0. The molecule has 2 aromatic rings. The molecular formula is C9H7N3O. The average molecular weight is 173 g/mol. The van der Waals surface area contributed by atoms with Crippen molar-refractivity contribution in [3.05, 3.63) is 42.7 Å². The van der Waals surface area contributed by atoms with Gasteiger partial charge in [-0.05, 0) is 12.1 Å². The monoisotopic (exact) mass is 173 g/mol. The Labute approximate surface area is 74.9 Å². The van der Waals surface area contributed by atoms with E-state index in [0.29, 0.717) is 5.69 Å². The van der Waals surface area contributed by atoms with Crippen molar-refractivity contribution in [2.75, 3.05) is 0 Å². The predicted molar refractivity (Wildman–Crippen MR) is 46.7 cm³/mol. The van der Waals surface area contributed by atoms with E-state index < -0.39 is 0 Å². The van der Waals surface area contributed by atoms with Crippen LogP contribution in [0, 0.1) is 0 Å². The Morgan fingerprint density at radius 2 is 2.31 bits per heavy atom. The lowest BCUT2D eigenvalue weighted by Gasteiger charge is -2.02. The van der Waals surface area contributed by atoms with Crippen LogP contribution in [0.5, 0.6) is 0 Å². The molecule has 4 nitrogen and oxygen atoms in total. The quantitative estimate of drug-likeness (QED) is 0.638. The SMILES string of the molecule is O=Cc1ncccc1-n1ccnc1. The van der Waals surface area contributed by atoms with Crippen molar-refractivity contribution in [3.63, 3.8) is 0 Å². The number of carbonyl (C=O) groups is 1. The molecule has 0 N–H and O–H groups in total. The second-order valence-electron chi connectivity index (χ2n) is 2.50. The number of carbonyl (C=O) groups excluding carboxylic acids is 1. The Balaban J connectivity index is 2.57. The van der Waals surface area contributed by atoms with Crippen LogP contribution in [-0.2, 0) is 0 Å². The summed E-state index contributed by atoms with van der Waals surface area (Å²) in [7, 11) is 0. The highest BCUT2D eigenvalue weighted by atomic mass is 16.1. The molecule has 0 bridgehead atoms. The molecule has 0 aliphatic carbocycles. The van der Waals surface area contributed by atoms with Gasteiger partial charge in [-0.25, -0.2) is 4.98 Å². The number of aldehydes is 1. The predicted octanol–water partition coefficient (Wildman–Crippen LogP) is 1.08. The van der Waals surface area contributed by atoms with Gasteiger partial charge < -0.3 is 4.57 Å². The summed E-state index contributed by atoms with van der Waals surface area (Å²) < 4.78 is 1.75. The van der Waals surface area contributed by atoms with E-state index in [2.05, 4.69) is 9.97 Å². The van der Waals surface area contributed by atoms with Crippen molar-refractivity contribution >= 4 is 6.29 Å². The number of hydrogen-bond donors (Lipinski definition) is 0. The van der Waals surface area contributed by atoms with Crippen LogP contribution in [0.1, 0.15) is 10.5 Å². The fourth-order valence-electron chi connectivity index (χ4n) is 1.12. The van der Waals surface area contributed by atoms with Crippen molar-refractivity contribution in [2.24, 2.45) is 0 Å². The van der Waals surface area contributed by atoms with Gasteiger partial charge in [0, 0.05) is 18.6 Å². The summed E-state index contributed by atoms with van der Waals surface area (Å²) in [6.45, 7) is 0. The van der Waals surface area contributed by atoms with E-state index in [4.69, 9.17) is 0 Å². The number of pyridine rings is 1. The van der Waals surface area contributed by atoms with E-state index in [9.17, 15) is 4.79 Å². The molecule has 64 valence electrons.